The standard InChI is InChI=1S/C14H22N4S.HI/c1-4-9-16-14(15-5-2)17-10-7-6-8-13-18-12(3)11-19-13;/h1,11H,5-10H2,2-3H3,(H2,15,16,17);1H. The number of halogens is 1. The Labute approximate surface area is 142 Å². The number of thiazole rings is 1. The molecule has 1 heterocycles. The Bertz CT molecular complexity index is 437. The summed E-state index contributed by atoms with van der Waals surface area (Å²) in [5, 5.41) is 9.56. The van der Waals surface area contributed by atoms with Crippen molar-refractivity contribution in [1.82, 2.24) is 15.6 Å². The summed E-state index contributed by atoms with van der Waals surface area (Å²) in [6.45, 7) is 6.23. The summed E-state index contributed by atoms with van der Waals surface area (Å²) in [5.41, 5.74) is 1.12. The van der Waals surface area contributed by atoms with Gasteiger partial charge in [0.1, 0.15) is 0 Å². The third-order valence-electron chi connectivity index (χ3n) is 2.44. The van der Waals surface area contributed by atoms with Crippen molar-refractivity contribution in [2.45, 2.75) is 33.1 Å². The normalized spacial score (nSPS) is 10.6. The summed E-state index contributed by atoms with van der Waals surface area (Å²) >= 11 is 1.74. The molecule has 4 nitrogen and oxygen atoms in total. The number of aliphatic imine (C=N–C) groups is 1. The van der Waals surface area contributed by atoms with E-state index in [1.54, 1.807) is 11.3 Å². The molecule has 0 unspecified atom stereocenters. The second kappa shape index (κ2) is 12.0. The van der Waals surface area contributed by atoms with Crippen LogP contribution in [0.15, 0.2) is 10.4 Å². The fourth-order valence-corrected chi connectivity index (χ4v) is 2.39. The van der Waals surface area contributed by atoms with Gasteiger partial charge in [-0.3, -0.25) is 4.99 Å². The molecule has 0 aliphatic carbocycles. The van der Waals surface area contributed by atoms with Crippen molar-refractivity contribution in [2.75, 3.05) is 19.6 Å². The molecule has 1 aromatic heterocycles. The number of unbranched alkanes of at least 4 members (excludes halogenated alkanes) is 1. The zero-order chi connectivity index (χ0) is 13.9. The van der Waals surface area contributed by atoms with Crippen molar-refractivity contribution in [1.29, 1.82) is 0 Å². The van der Waals surface area contributed by atoms with Crippen molar-refractivity contribution in [2.24, 2.45) is 4.99 Å². The van der Waals surface area contributed by atoms with Gasteiger partial charge in [0, 0.05) is 24.2 Å². The lowest BCUT2D eigenvalue weighted by atomic mass is 10.2. The molecule has 112 valence electrons. The number of nitrogens with one attached hydrogen (secondary N) is 2. The van der Waals surface area contributed by atoms with Crippen LogP contribution in [-0.4, -0.2) is 30.6 Å². The fraction of sp³-hybridized carbons (Fsp3) is 0.571. The predicted molar refractivity (Wildman–Crippen MR) is 98.0 cm³/mol. The van der Waals surface area contributed by atoms with Crippen LogP contribution in [0.4, 0.5) is 0 Å². The van der Waals surface area contributed by atoms with Gasteiger partial charge in [-0.05, 0) is 33.1 Å². The van der Waals surface area contributed by atoms with E-state index in [1.165, 1.54) is 5.01 Å². The molecule has 1 aromatic rings. The number of guanidine groups is 1. The van der Waals surface area contributed by atoms with Gasteiger partial charge in [0.25, 0.3) is 0 Å². The third-order valence-corrected chi connectivity index (χ3v) is 3.46. The Morgan fingerprint density at radius 1 is 1.45 bits per heavy atom. The smallest absolute Gasteiger partial charge is 0.192 e. The maximum Gasteiger partial charge on any atom is 0.192 e. The zero-order valence-electron chi connectivity index (χ0n) is 12.1. The van der Waals surface area contributed by atoms with Gasteiger partial charge in [-0.25, -0.2) is 4.98 Å². The number of aryl methyl sites for hydroxylation is 2. The van der Waals surface area contributed by atoms with E-state index in [-0.39, 0.29) is 24.0 Å². The lowest BCUT2D eigenvalue weighted by molar-refractivity contribution is 0.732. The Morgan fingerprint density at radius 3 is 2.85 bits per heavy atom. The van der Waals surface area contributed by atoms with E-state index >= 15 is 0 Å². The Hall–Kier alpha value is -0.810. The minimum Gasteiger partial charge on any atom is -0.357 e. The van der Waals surface area contributed by atoms with E-state index in [0.29, 0.717) is 6.54 Å². The number of terminal acetylenes is 1. The lowest BCUT2D eigenvalue weighted by Crippen LogP contribution is -2.37. The molecule has 6 heteroatoms. The van der Waals surface area contributed by atoms with Crippen LogP contribution in [0, 0.1) is 19.3 Å². The first-order valence-corrected chi connectivity index (χ1v) is 7.51. The van der Waals surface area contributed by atoms with E-state index in [9.17, 15) is 0 Å². The number of aromatic nitrogens is 1. The topological polar surface area (TPSA) is 49.3 Å². The van der Waals surface area contributed by atoms with Gasteiger partial charge >= 0.3 is 0 Å². The molecule has 0 amide bonds. The Kier molecular flexibility index (Phi) is 11.5. The van der Waals surface area contributed by atoms with Crippen LogP contribution >= 0.6 is 35.3 Å². The van der Waals surface area contributed by atoms with Crippen LogP contribution < -0.4 is 10.6 Å². The van der Waals surface area contributed by atoms with Gasteiger partial charge < -0.3 is 10.6 Å². The van der Waals surface area contributed by atoms with E-state index in [4.69, 9.17) is 6.42 Å². The summed E-state index contributed by atoms with van der Waals surface area (Å²) in [6, 6.07) is 0. The van der Waals surface area contributed by atoms with Crippen molar-refractivity contribution in [3.63, 3.8) is 0 Å². The summed E-state index contributed by atoms with van der Waals surface area (Å²) in [7, 11) is 0. The van der Waals surface area contributed by atoms with Crippen LogP contribution in [0.2, 0.25) is 0 Å². The third kappa shape index (κ3) is 8.38. The maximum absolute atomic E-state index is 5.21. The second-order valence-corrected chi connectivity index (χ2v) is 5.10. The van der Waals surface area contributed by atoms with E-state index in [0.717, 1.165) is 44.0 Å². The van der Waals surface area contributed by atoms with Gasteiger partial charge in [-0.1, -0.05) is 5.92 Å². The molecule has 0 aromatic carbocycles. The lowest BCUT2D eigenvalue weighted by Gasteiger charge is -2.08. The largest absolute Gasteiger partial charge is 0.357 e. The maximum atomic E-state index is 5.21. The van der Waals surface area contributed by atoms with Crippen LogP contribution in [0.1, 0.15) is 30.5 Å². The van der Waals surface area contributed by atoms with Gasteiger partial charge in [0.15, 0.2) is 5.96 Å². The molecule has 0 aliphatic rings. The van der Waals surface area contributed by atoms with E-state index in [2.05, 4.69) is 31.9 Å². The van der Waals surface area contributed by atoms with Crippen LogP contribution in [0.3, 0.4) is 0 Å². The molecule has 0 spiro atoms. The molecule has 0 saturated carbocycles. The molecule has 0 aliphatic heterocycles. The summed E-state index contributed by atoms with van der Waals surface area (Å²) < 4.78 is 0. The quantitative estimate of drug-likeness (QED) is 0.241. The number of hydrogen-bond acceptors (Lipinski definition) is 3. The average molecular weight is 406 g/mol. The molecule has 0 atom stereocenters. The highest BCUT2D eigenvalue weighted by atomic mass is 127. The molecule has 0 radical (unpaired) electrons. The average Bonchev–Trinajstić information content (AvgIpc) is 2.81. The highest BCUT2D eigenvalue weighted by molar-refractivity contribution is 14.0. The van der Waals surface area contributed by atoms with Crippen LogP contribution in [-0.2, 0) is 6.42 Å². The second-order valence-electron chi connectivity index (χ2n) is 4.16. The van der Waals surface area contributed by atoms with E-state index < -0.39 is 0 Å². The van der Waals surface area contributed by atoms with Crippen molar-refractivity contribution < 1.29 is 0 Å². The summed E-state index contributed by atoms with van der Waals surface area (Å²) in [6.07, 6.45) is 8.44. The fourth-order valence-electron chi connectivity index (χ4n) is 1.57. The van der Waals surface area contributed by atoms with Crippen LogP contribution in [0.5, 0.6) is 0 Å². The van der Waals surface area contributed by atoms with Gasteiger partial charge in [-0.2, -0.15) is 0 Å². The number of nitrogens with zero attached hydrogens (tertiary/aromatic N) is 2. The molecular formula is C14H23IN4S. The molecule has 0 saturated heterocycles. The SMILES string of the molecule is C#CCNC(=NCCCCc1nc(C)cs1)NCC.I. The molecule has 0 bridgehead atoms. The van der Waals surface area contributed by atoms with Crippen molar-refractivity contribution >= 4 is 41.3 Å². The molecular weight excluding hydrogens is 383 g/mol. The van der Waals surface area contributed by atoms with Crippen LogP contribution in [0.25, 0.3) is 0 Å². The molecule has 20 heavy (non-hydrogen) atoms. The van der Waals surface area contributed by atoms with E-state index in [1.807, 2.05) is 13.8 Å². The highest BCUT2D eigenvalue weighted by Gasteiger charge is 1.98. The summed E-state index contributed by atoms with van der Waals surface area (Å²) in [4.78, 5) is 8.92. The van der Waals surface area contributed by atoms with Gasteiger partial charge in [0.05, 0.1) is 11.6 Å². The summed E-state index contributed by atoms with van der Waals surface area (Å²) in [5.74, 6) is 3.34. The van der Waals surface area contributed by atoms with Gasteiger partial charge in [0.2, 0.25) is 0 Å². The van der Waals surface area contributed by atoms with Crippen molar-refractivity contribution in [3.8, 4) is 12.3 Å². The Balaban J connectivity index is 0.00000361. The predicted octanol–water partition coefficient (Wildman–Crippen LogP) is 2.58. The first-order valence-electron chi connectivity index (χ1n) is 6.63. The first kappa shape index (κ1) is 19.2. The Morgan fingerprint density at radius 2 is 2.25 bits per heavy atom. The zero-order valence-corrected chi connectivity index (χ0v) is 15.3. The molecule has 0 fully saturated rings. The molecule has 2 N–H and O–H groups in total. The van der Waals surface area contributed by atoms with Crippen molar-refractivity contribution in [3.05, 3.63) is 16.1 Å². The minimum atomic E-state index is 0. The minimum absolute atomic E-state index is 0. The monoisotopic (exact) mass is 406 g/mol. The highest BCUT2D eigenvalue weighted by Crippen LogP contribution is 2.11. The first-order chi connectivity index (χ1) is 9.26. The number of rotatable bonds is 7. The number of hydrogen-bond donors (Lipinski definition) is 2. The molecule has 1 rings (SSSR count). The van der Waals surface area contributed by atoms with Gasteiger partial charge in [-0.15, -0.1) is 41.7 Å².